The van der Waals surface area contributed by atoms with Crippen molar-refractivity contribution in [3.05, 3.63) is 103 Å². The quantitative estimate of drug-likeness (QED) is 0.108. The molecule has 2 aromatic carbocycles. The summed E-state index contributed by atoms with van der Waals surface area (Å²) in [6, 6.07) is 16.4. The van der Waals surface area contributed by atoms with E-state index in [1.165, 1.54) is 6.92 Å². The maximum absolute atomic E-state index is 13.8. The molecule has 0 aromatic heterocycles. The van der Waals surface area contributed by atoms with Gasteiger partial charge in [-0.05, 0) is 71.7 Å². The van der Waals surface area contributed by atoms with Crippen LogP contribution in [0.25, 0.3) is 31.3 Å². The molecule has 9 atom stereocenters. The third-order valence-electron chi connectivity index (χ3n) is 9.33. The second kappa shape index (κ2) is 17.1. The Balaban J connectivity index is 1.68. The Morgan fingerprint density at radius 3 is 2.09 bits per heavy atom. The van der Waals surface area contributed by atoms with Crippen molar-refractivity contribution in [2.45, 2.75) is 95.5 Å². The van der Waals surface area contributed by atoms with Gasteiger partial charge in [-0.25, -0.2) is 4.79 Å². The lowest BCUT2D eigenvalue weighted by Gasteiger charge is -2.49. The minimum atomic E-state index is -1.38. The number of azide groups is 3. The number of ether oxygens (including phenoxy) is 2. The van der Waals surface area contributed by atoms with Crippen LogP contribution in [0.4, 0.5) is 4.79 Å². The molecule has 2 aromatic rings. The number of benzene rings is 2. The molecule has 4 rings (SSSR count). The van der Waals surface area contributed by atoms with Crippen LogP contribution in [0.15, 0.2) is 76.0 Å². The van der Waals surface area contributed by atoms with E-state index in [-0.39, 0.29) is 25.0 Å². The molecule has 15 heteroatoms. The van der Waals surface area contributed by atoms with E-state index in [4.69, 9.17) is 15.0 Å². The van der Waals surface area contributed by atoms with Crippen molar-refractivity contribution in [1.29, 1.82) is 0 Å². The number of hydrogen-bond acceptors (Lipinski definition) is 8. The highest BCUT2D eigenvalue weighted by molar-refractivity contribution is 5.68. The first kappa shape index (κ1) is 34.9. The van der Waals surface area contributed by atoms with E-state index in [0.29, 0.717) is 32.2 Å². The SMILES string of the molecule is CC[C@@H]([C@@H]1CCC(N=[N+]=[N-])C([C@@H]2C(N=[N+]=[N-])CC(N=[N+]=[N-])[C@H](OC(C)=O)[C@H]2O)C1)N(Cc1ccccc1)C(=O)OCc1ccccc1. The molecule has 248 valence electrons. The standard InChI is InChI=1S/C32H40N10O5/c1-3-28(42(18-21-10-6-4-7-11-21)32(45)46-19-22-12-8-5-9-13-22)23-14-15-25(36-39-33)24(16-23)29-26(37-40-34)17-27(38-41-35)31(30(29)44)47-20(2)43/h4-13,23-31,44H,3,14-19H2,1-2H3/t23-,24?,25?,26?,27?,28+,29-,30+,31+/m1/s1. The van der Waals surface area contributed by atoms with E-state index in [1.807, 2.05) is 67.6 Å². The second-order valence-electron chi connectivity index (χ2n) is 12.1. The first-order valence-electron chi connectivity index (χ1n) is 15.8. The Morgan fingerprint density at radius 1 is 0.894 bits per heavy atom. The molecule has 2 aliphatic rings. The highest BCUT2D eigenvalue weighted by Crippen LogP contribution is 2.46. The Morgan fingerprint density at radius 2 is 1.49 bits per heavy atom. The molecule has 1 N–H and O–H groups in total. The van der Waals surface area contributed by atoms with Gasteiger partial charge < -0.3 is 19.5 Å². The monoisotopic (exact) mass is 644 g/mol. The fourth-order valence-corrected chi connectivity index (χ4v) is 7.37. The lowest BCUT2D eigenvalue weighted by Crippen LogP contribution is -2.58. The summed E-state index contributed by atoms with van der Waals surface area (Å²) in [7, 11) is 0. The Labute approximate surface area is 272 Å². The lowest BCUT2D eigenvalue weighted by molar-refractivity contribution is -0.164. The number of aliphatic hydroxyl groups is 1. The summed E-state index contributed by atoms with van der Waals surface area (Å²) >= 11 is 0. The maximum Gasteiger partial charge on any atom is 0.410 e. The van der Waals surface area contributed by atoms with Gasteiger partial charge in [-0.3, -0.25) is 4.79 Å². The summed E-state index contributed by atoms with van der Waals surface area (Å²) in [6.07, 6.45) is -0.907. The third kappa shape index (κ3) is 8.87. The van der Waals surface area contributed by atoms with Crippen molar-refractivity contribution in [3.63, 3.8) is 0 Å². The molecular formula is C32H40N10O5. The van der Waals surface area contributed by atoms with E-state index in [9.17, 15) is 25.8 Å². The smallest absolute Gasteiger partial charge is 0.410 e. The summed E-state index contributed by atoms with van der Waals surface area (Å²) in [5.41, 5.74) is 29.9. The van der Waals surface area contributed by atoms with Crippen LogP contribution >= 0.6 is 0 Å². The number of rotatable bonds is 12. The Kier molecular flexibility index (Phi) is 12.7. The summed E-state index contributed by atoms with van der Waals surface area (Å²) in [4.78, 5) is 36.5. The van der Waals surface area contributed by atoms with E-state index in [2.05, 4.69) is 30.1 Å². The van der Waals surface area contributed by atoms with Crippen molar-refractivity contribution >= 4 is 12.1 Å². The topological polar surface area (TPSA) is 222 Å². The van der Waals surface area contributed by atoms with Crippen LogP contribution in [-0.4, -0.2) is 58.4 Å². The first-order valence-corrected chi connectivity index (χ1v) is 15.8. The zero-order valence-electron chi connectivity index (χ0n) is 26.5. The average molecular weight is 645 g/mol. The fourth-order valence-electron chi connectivity index (χ4n) is 7.37. The van der Waals surface area contributed by atoms with Crippen molar-refractivity contribution in [2.75, 3.05) is 0 Å². The summed E-state index contributed by atoms with van der Waals surface area (Å²) in [5.74, 6) is -2.07. The van der Waals surface area contributed by atoms with Crippen molar-refractivity contribution in [1.82, 2.24) is 4.90 Å². The van der Waals surface area contributed by atoms with Crippen LogP contribution < -0.4 is 0 Å². The van der Waals surface area contributed by atoms with Crippen LogP contribution in [0.2, 0.25) is 0 Å². The highest BCUT2D eigenvalue weighted by Gasteiger charge is 2.52. The number of carbonyl (C=O) groups excluding carboxylic acids is 2. The van der Waals surface area contributed by atoms with Crippen LogP contribution in [0.3, 0.4) is 0 Å². The summed E-state index contributed by atoms with van der Waals surface area (Å²) in [6.45, 7) is 3.61. The maximum atomic E-state index is 13.8. The van der Waals surface area contributed by atoms with E-state index in [0.717, 1.165) is 11.1 Å². The van der Waals surface area contributed by atoms with Gasteiger partial charge in [0.1, 0.15) is 12.7 Å². The molecule has 2 aliphatic carbocycles. The summed E-state index contributed by atoms with van der Waals surface area (Å²) < 4.78 is 11.3. The van der Waals surface area contributed by atoms with Gasteiger partial charge in [0, 0.05) is 52.2 Å². The lowest BCUT2D eigenvalue weighted by atomic mass is 9.63. The minimum absolute atomic E-state index is 0.0289. The summed E-state index contributed by atoms with van der Waals surface area (Å²) in [5, 5.41) is 23.5. The van der Waals surface area contributed by atoms with Gasteiger partial charge in [0.05, 0.1) is 12.1 Å². The van der Waals surface area contributed by atoms with Gasteiger partial charge in [0.2, 0.25) is 0 Å². The number of esters is 1. The first-order chi connectivity index (χ1) is 22.8. The van der Waals surface area contributed by atoms with Gasteiger partial charge in [-0.1, -0.05) is 82.9 Å². The third-order valence-corrected chi connectivity index (χ3v) is 9.33. The second-order valence-corrected chi connectivity index (χ2v) is 12.1. The molecular weight excluding hydrogens is 604 g/mol. The van der Waals surface area contributed by atoms with Gasteiger partial charge in [0.25, 0.3) is 0 Å². The van der Waals surface area contributed by atoms with Gasteiger partial charge in [-0.15, -0.1) is 0 Å². The van der Waals surface area contributed by atoms with E-state index < -0.39 is 54.2 Å². The van der Waals surface area contributed by atoms with Crippen molar-refractivity contribution in [3.8, 4) is 0 Å². The molecule has 0 bridgehead atoms. The van der Waals surface area contributed by atoms with E-state index in [1.54, 1.807) is 4.90 Å². The zero-order chi connectivity index (χ0) is 33.8. The number of nitrogens with zero attached hydrogens (tertiary/aromatic N) is 10. The molecule has 0 spiro atoms. The molecule has 2 saturated carbocycles. The van der Waals surface area contributed by atoms with Crippen LogP contribution in [0.5, 0.6) is 0 Å². The zero-order valence-corrected chi connectivity index (χ0v) is 26.5. The Hall–Kier alpha value is -4.93. The molecule has 1 amide bonds. The van der Waals surface area contributed by atoms with E-state index >= 15 is 0 Å². The molecule has 0 saturated heterocycles. The molecule has 4 unspecified atom stereocenters. The van der Waals surface area contributed by atoms with Gasteiger partial charge in [-0.2, -0.15) is 0 Å². The molecule has 47 heavy (non-hydrogen) atoms. The fraction of sp³-hybridized carbons (Fsp3) is 0.562. The molecule has 15 nitrogen and oxygen atoms in total. The number of hydrogen-bond donors (Lipinski definition) is 1. The van der Waals surface area contributed by atoms with Crippen molar-refractivity contribution < 1.29 is 24.2 Å². The number of carbonyl (C=O) groups is 2. The number of amides is 1. The van der Waals surface area contributed by atoms with Crippen LogP contribution in [-0.2, 0) is 27.4 Å². The van der Waals surface area contributed by atoms with Gasteiger partial charge in [0.15, 0.2) is 0 Å². The molecule has 0 radical (unpaired) electrons. The average Bonchev–Trinajstić information content (AvgIpc) is 3.07. The van der Waals surface area contributed by atoms with Gasteiger partial charge >= 0.3 is 12.1 Å². The largest absolute Gasteiger partial charge is 0.459 e. The van der Waals surface area contributed by atoms with Crippen LogP contribution in [0.1, 0.15) is 57.1 Å². The predicted octanol–water partition coefficient (Wildman–Crippen LogP) is 7.37. The predicted molar refractivity (Wildman–Crippen MR) is 172 cm³/mol. The number of aliphatic hydroxyl groups excluding tert-OH is 1. The molecule has 0 heterocycles. The normalized spacial score (nSPS) is 27.5. The van der Waals surface area contributed by atoms with Crippen LogP contribution in [0, 0.1) is 17.8 Å². The molecule has 2 fully saturated rings. The Bertz CT molecular complexity index is 1490. The molecule has 0 aliphatic heterocycles. The minimum Gasteiger partial charge on any atom is -0.459 e. The highest BCUT2D eigenvalue weighted by atomic mass is 16.6. The van der Waals surface area contributed by atoms with Crippen molar-refractivity contribution in [2.24, 2.45) is 33.1 Å².